The summed E-state index contributed by atoms with van der Waals surface area (Å²) in [5.41, 5.74) is 0.380. The van der Waals surface area contributed by atoms with E-state index in [1.807, 2.05) is 0 Å². The van der Waals surface area contributed by atoms with Gasteiger partial charge in [-0.15, -0.1) is 0 Å². The minimum atomic E-state index is -0.510. The number of halogens is 1. The molecule has 6 nitrogen and oxygen atoms in total. The fraction of sp³-hybridized carbons (Fsp3) is 0.421. The first-order chi connectivity index (χ1) is 12.6. The summed E-state index contributed by atoms with van der Waals surface area (Å²) in [5, 5.41) is 9.26. The van der Waals surface area contributed by atoms with Gasteiger partial charge in [0.1, 0.15) is 17.2 Å². The van der Waals surface area contributed by atoms with E-state index in [-0.39, 0.29) is 17.6 Å². The molecular formula is C19H20FN3O3. The predicted molar refractivity (Wildman–Crippen MR) is 91.5 cm³/mol. The van der Waals surface area contributed by atoms with Gasteiger partial charge in [0.25, 0.3) is 0 Å². The van der Waals surface area contributed by atoms with Crippen LogP contribution in [0.1, 0.15) is 23.3 Å². The Morgan fingerprint density at radius 2 is 1.92 bits per heavy atom. The van der Waals surface area contributed by atoms with E-state index in [1.54, 1.807) is 12.1 Å². The Balaban J connectivity index is 1.28. The number of hydrogen-bond acceptors (Lipinski definition) is 6. The highest BCUT2D eigenvalue weighted by Gasteiger charge is 2.42. The Bertz CT molecular complexity index is 768. The molecule has 0 unspecified atom stereocenters. The third-order valence-corrected chi connectivity index (χ3v) is 5.19. The van der Waals surface area contributed by atoms with Crippen LogP contribution in [0.5, 0.6) is 11.5 Å². The minimum absolute atomic E-state index is 0.0323. The lowest BCUT2D eigenvalue weighted by molar-refractivity contribution is 0.0931. The number of aromatic hydroxyl groups is 1. The lowest BCUT2D eigenvalue weighted by Crippen LogP contribution is -2.30. The average Bonchev–Trinajstić information content (AvgIpc) is 3.15. The molecule has 1 saturated carbocycles. The monoisotopic (exact) mass is 357 g/mol. The molecule has 0 bridgehead atoms. The van der Waals surface area contributed by atoms with E-state index in [0.29, 0.717) is 29.8 Å². The maximum atomic E-state index is 12.9. The van der Waals surface area contributed by atoms with Crippen LogP contribution in [0.2, 0.25) is 0 Å². The maximum absolute atomic E-state index is 12.9. The summed E-state index contributed by atoms with van der Waals surface area (Å²) in [6.07, 6.45) is 4.69. The molecule has 136 valence electrons. The van der Waals surface area contributed by atoms with Crippen molar-refractivity contribution in [2.45, 2.75) is 18.9 Å². The van der Waals surface area contributed by atoms with Crippen LogP contribution in [-0.2, 0) is 0 Å². The Morgan fingerprint density at radius 1 is 1.15 bits per heavy atom. The van der Waals surface area contributed by atoms with E-state index in [1.165, 1.54) is 24.5 Å². The highest BCUT2D eigenvalue weighted by Crippen LogP contribution is 2.39. The molecule has 0 aromatic carbocycles. The molecule has 1 N–H and O–H groups in total. The number of carbonyl (C=O) groups is 1. The molecule has 3 atom stereocenters. The number of pyridine rings is 2. The third-order valence-electron chi connectivity index (χ3n) is 5.19. The summed E-state index contributed by atoms with van der Waals surface area (Å²) in [6.45, 7) is 2.09. The number of carbonyl (C=O) groups excluding carboxylic acids is 1. The Labute approximate surface area is 150 Å². The number of Topliss-reactive ketones (excluding diaryl/α,β-unsaturated/α-hetero) is 1. The van der Waals surface area contributed by atoms with Crippen molar-refractivity contribution in [3.8, 4) is 11.5 Å². The summed E-state index contributed by atoms with van der Waals surface area (Å²) in [6, 6.07) is 5.93. The summed E-state index contributed by atoms with van der Waals surface area (Å²) >= 11 is 0. The second kappa shape index (κ2) is 6.99. The first-order valence-electron chi connectivity index (χ1n) is 8.75. The fourth-order valence-corrected chi connectivity index (χ4v) is 4.03. The molecule has 0 amide bonds. The molecule has 3 heterocycles. The van der Waals surface area contributed by atoms with Gasteiger partial charge in [-0.3, -0.25) is 9.69 Å². The van der Waals surface area contributed by atoms with Crippen LogP contribution in [0.15, 0.2) is 36.7 Å². The van der Waals surface area contributed by atoms with Crippen molar-refractivity contribution >= 4 is 5.78 Å². The zero-order chi connectivity index (χ0) is 18.1. The molecule has 2 aromatic rings. The van der Waals surface area contributed by atoms with Crippen molar-refractivity contribution < 1.29 is 19.0 Å². The molecule has 2 aromatic heterocycles. The van der Waals surface area contributed by atoms with Gasteiger partial charge in [0, 0.05) is 13.1 Å². The van der Waals surface area contributed by atoms with Crippen LogP contribution in [0.4, 0.5) is 4.39 Å². The summed E-state index contributed by atoms with van der Waals surface area (Å²) in [7, 11) is 0. The van der Waals surface area contributed by atoms with Crippen molar-refractivity contribution in [1.29, 1.82) is 0 Å². The van der Waals surface area contributed by atoms with Crippen LogP contribution in [-0.4, -0.2) is 51.5 Å². The van der Waals surface area contributed by atoms with Gasteiger partial charge < -0.3 is 9.84 Å². The molecule has 7 heteroatoms. The van der Waals surface area contributed by atoms with Gasteiger partial charge in [-0.2, -0.15) is 4.39 Å². The summed E-state index contributed by atoms with van der Waals surface area (Å²) in [5.74, 6) is 1.13. The fourth-order valence-electron chi connectivity index (χ4n) is 4.03. The molecule has 1 aliphatic heterocycles. The maximum Gasteiger partial charge on any atom is 0.213 e. The SMILES string of the molecule is O=C(CN1C[C@H]2C[C@H](Oc3ccc(F)nc3)C[C@H]2C1)c1ccc(O)cn1. The van der Waals surface area contributed by atoms with Gasteiger partial charge >= 0.3 is 0 Å². The first-order valence-corrected chi connectivity index (χ1v) is 8.75. The molecule has 0 radical (unpaired) electrons. The van der Waals surface area contributed by atoms with Crippen molar-refractivity contribution in [1.82, 2.24) is 14.9 Å². The average molecular weight is 357 g/mol. The van der Waals surface area contributed by atoms with E-state index in [4.69, 9.17) is 4.74 Å². The Hall–Kier alpha value is -2.54. The largest absolute Gasteiger partial charge is 0.506 e. The summed E-state index contributed by atoms with van der Waals surface area (Å²) < 4.78 is 18.8. The third kappa shape index (κ3) is 3.67. The van der Waals surface area contributed by atoms with Gasteiger partial charge in [-0.25, -0.2) is 9.97 Å². The van der Waals surface area contributed by atoms with Gasteiger partial charge in [0.05, 0.1) is 25.0 Å². The van der Waals surface area contributed by atoms with E-state index in [0.717, 1.165) is 25.9 Å². The predicted octanol–water partition coefficient (Wildman–Crippen LogP) is 2.29. The smallest absolute Gasteiger partial charge is 0.213 e. The summed E-state index contributed by atoms with van der Waals surface area (Å²) in [4.78, 5) is 22.1. The number of nitrogens with zero attached hydrogens (tertiary/aromatic N) is 3. The zero-order valence-electron chi connectivity index (χ0n) is 14.2. The molecule has 4 rings (SSSR count). The van der Waals surface area contributed by atoms with Gasteiger partial charge in [0.15, 0.2) is 5.78 Å². The topological polar surface area (TPSA) is 75.6 Å². The molecule has 2 aliphatic rings. The Morgan fingerprint density at radius 3 is 2.54 bits per heavy atom. The number of hydrogen-bond donors (Lipinski definition) is 1. The van der Waals surface area contributed by atoms with Crippen LogP contribution < -0.4 is 4.74 Å². The van der Waals surface area contributed by atoms with Crippen LogP contribution in [0, 0.1) is 17.8 Å². The first kappa shape index (κ1) is 16.9. The highest BCUT2D eigenvalue weighted by molar-refractivity contribution is 5.95. The lowest BCUT2D eigenvalue weighted by atomic mass is 10.0. The highest BCUT2D eigenvalue weighted by atomic mass is 19.1. The van der Waals surface area contributed by atoms with Gasteiger partial charge in [0.2, 0.25) is 5.95 Å². The van der Waals surface area contributed by atoms with Crippen molar-refractivity contribution in [2.75, 3.05) is 19.6 Å². The van der Waals surface area contributed by atoms with E-state index < -0.39 is 5.95 Å². The molecule has 2 fully saturated rings. The van der Waals surface area contributed by atoms with E-state index >= 15 is 0 Å². The van der Waals surface area contributed by atoms with Crippen LogP contribution >= 0.6 is 0 Å². The zero-order valence-corrected chi connectivity index (χ0v) is 14.2. The number of ketones is 1. The van der Waals surface area contributed by atoms with Gasteiger partial charge in [-0.1, -0.05) is 0 Å². The molecular weight excluding hydrogens is 337 g/mol. The second-order valence-electron chi connectivity index (χ2n) is 7.07. The minimum Gasteiger partial charge on any atom is -0.506 e. The van der Waals surface area contributed by atoms with E-state index in [2.05, 4.69) is 14.9 Å². The number of aromatic nitrogens is 2. The van der Waals surface area contributed by atoms with E-state index in [9.17, 15) is 14.3 Å². The molecule has 0 spiro atoms. The van der Waals surface area contributed by atoms with Crippen molar-refractivity contribution in [2.24, 2.45) is 11.8 Å². The number of likely N-dealkylation sites (tertiary alicyclic amines) is 1. The standard InChI is InChI=1S/C19H20FN3O3/c20-19-4-2-15(8-22-19)26-16-5-12-9-23(10-13(12)6-16)11-18(25)17-3-1-14(24)7-21-17/h1-4,7-8,12-13,16,24H,5-6,9-11H2/t12-,13+,16+. The van der Waals surface area contributed by atoms with Crippen LogP contribution in [0.3, 0.4) is 0 Å². The number of fused-ring (bicyclic) bond motifs is 1. The van der Waals surface area contributed by atoms with Gasteiger partial charge in [-0.05, 0) is 48.9 Å². The van der Waals surface area contributed by atoms with Crippen molar-refractivity contribution in [3.63, 3.8) is 0 Å². The number of rotatable bonds is 5. The normalized spacial score (nSPS) is 25.2. The molecule has 1 saturated heterocycles. The lowest BCUT2D eigenvalue weighted by Gasteiger charge is -2.19. The molecule has 26 heavy (non-hydrogen) atoms. The van der Waals surface area contributed by atoms with Crippen molar-refractivity contribution in [3.05, 3.63) is 48.3 Å². The molecule has 1 aliphatic carbocycles. The van der Waals surface area contributed by atoms with Crippen LogP contribution in [0.25, 0.3) is 0 Å². The Kier molecular flexibility index (Phi) is 4.55. The quantitative estimate of drug-likeness (QED) is 0.654. The number of ether oxygens (including phenoxy) is 1. The second-order valence-corrected chi connectivity index (χ2v) is 7.07.